The van der Waals surface area contributed by atoms with Crippen LogP contribution in [0, 0.1) is 0 Å². The highest BCUT2D eigenvalue weighted by Crippen LogP contribution is 2.23. The van der Waals surface area contributed by atoms with E-state index in [1.807, 2.05) is 43.5 Å². The van der Waals surface area contributed by atoms with E-state index in [4.69, 9.17) is 4.74 Å². The van der Waals surface area contributed by atoms with Crippen molar-refractivity contribution in [3.05, 3.63) is 54.2 Å². The van der Waals surface area contributed by atoms with Crippen molar-refractivity contribution in [1.82, 2.24) is 20.3 Å². The van der Waals surface area contributed by atoms with Crippen LogP contribution in [0.4, 0.5) is 0 Å². The molecule has 7 heteroatoms. The Morgan fingerprint density at radius 1 is 1.21 bits per heavy atom. The third kappa shape index (κ3) is 4.14. The third-order valence-corrected chi connectivity index (χ3v) is 5.35. The molecule has 2 heterocycles. The molecule has 0 saturated heterocycles. The quantitative estimate of drug-likeness (QED) is 0.396. The number of amides is 1. The topological polar surface area (TPSA) is 82.8 Å². The van der Waals surface area contributed by atoms with E-state index in [1.165, 1.54) is 22.7 Å². The molecule has 28 heavy (non-hydrogen) atoms. The van der Waals surface area contributed by atoms with Gasteiger partial charge in [-0.15, -0.1) is 0 Å². The zero-order chi connectivity index (χ0) is 19.3. The normalized spacial score (nSPS) is 11.2. The molecule has 0 spiro atoms. The maximum Gasteiger partial charge on any atom is 0.230 e. The summed E-state index contributed by atoms with van der Waals surface area (Å²) >= 11 is 1.40. The molecule has 3 N–H and O–H groups in total. The van der Waals surface area contributed by atoms with Gasteiger partial charge in [-0.2, -0.15) is 0 Å². The van der Waals surface area contributed by atoms with Crippen LogP contribution in [-0.2, 0) is 11.2 Å². The zero-order valence-electron chi connectivity index (χ0n) is 15.6. The fourth-order valence-electron chi connectivity index (χ4n) is 3.15. The Labute approximate surface area is 167 Å². The monoisotopic (exact) mass is 394 g/mol. The van der Waals surface area contributed by atoms with Crippen LogP contribution < -0.4 is 10.1 Å². The molecule has 0 aliphatic carbocycles. The Bertz CT molecular complexity index is 1100. The summed E-state index contributed by atoms with van der Waals surface area (Å²) in [5.41, 5.74) is 4.11. The number of aromatic amines is 2. The number of carbonyl (C=O) groups excluding carboxylic acids is 1. The number of hydrogen-bond acceptors (Lipinski definition) is 4. The number of fused-ring (bicyclic) bond motifs is 2. The molecule has 0 bridgehead atoms. The molecule has 144 valence electrons. The third-order valence-electron chi connectivity index (χ3n) is 4.47. The van der Waals surface area contributed by atoms with Crippen molar-refractivity contribution in [2.45, 2.75) is 18.5 Å². The van der Waals surface area contributed by atoms with Gasteiger partial charge >= 0.3 is 0 Å². The van der Waals surface area contributed by atoms with Gasteiger partial charge in [0.1, 0.15) is 5.75 Å². The molecule has 2 aromatic heterocycles. The molecule has 0 fully saturated rings. The Morgan fingerprint density at radius 3 is 3.00 bits per heavy atom. The number of aromatic nitrogens is 3. The standard InChI is InChI=1S/C21H22N4O2S/c1-2-27-15-7-8-18-19(11-15)25-21(24-18)28-13-20(26)22-10-9-14-12-23-17-6-4-3-5-16(14)17/h3-8,11-12,23H,2,9-10,13H2,1H3,(H,22,26)(H,24,25). The second-order valence-electron chi connectivity index (χ2n) is 6.40. The minimum atomic E-state index is 0.000280. The molecule has 0 saturated carbocycles. The maximum absolute atomic E-state index is 12.2. The first-order chi connectivity index (χ1) is 13.7. The van der Waals surface area contributed by atoms with Crippen molar-refractivity contribution in [2.75, 3.05) is 18.9 Å². The van der Waals surface area contributed by atoms with E-state index in [-0.39, 0.29) is 5.91 Å². The lowest BCUT2D eigenvalue weighted by Crippen LogP contribution is -2.27. The van der Waals surface area contributed by atoms with Crippen molar-refractivity contribution >= 4 is 39.6 Å². The average molecular weight is 394 g/mol. The molecule has 4 aromatic rings. The number of hydrogen-bond donors (Lipinski definition) is 3. The van der Waals surface area contributed by atoms with Gasteiger partial charge in [0.15, 0.2) is 5.16 Å². The van der Waals surface area contributed by atoms with Crippen LogP contribution in [0.15, 0.2) is 53.8 Å². The van der Waals surface area contributed by atoms with E-state index in [0.29, 0.717) is 18.9 Å². The molecule has 0 atom stereocenters. The molecule has 6 nitrogen and oxygen atoms in total. The average Bonchev–Trinajstić information content (AvgIpc) is 3.30. The molecular weight excluding hydrogens is 372 g/mol. The number of carbonyl (C=O) groups is 1. The lowest BCUT2D eigenvalue weighted by molar-refractivity contribution is -0.118. The fraction of sp³-hybridized carbons (Fsp3) is 0.238. The minimum Gasteiger partial charge on any atom is -0.494 e. The lowest BCUT2D eigenvalue weighted by Gasteiger charge is -2.04. The summed E-state index contributed by atoms with van der Waals surface area (Å²) in [4.78, 5) is 23.2. The Balaban J connectivity index is 1.28. The van der Waals surface area contributed by atoms with Crippen molar-refractivity contribution in [2.24, 2.45) is 0 Å². The number of nitrogens with zero attached hydrogens (tertiary/aromatic N) is 1. The first-order valence-electron chi connectivity index (χ1n) is 9.30. The number of nitrogens with one attached hydrogen (secondary N) is 3. The molecule has 0 aliphatic heterocycles. The van der Waals surface area contributed by atoms with E-state index in [9.17, 15) is 4.79 Å². The predicted octanol–water partition coefficient (Wildman–Crippen LogP) is 3.89. The van der Waals surface area contributed by atoms with Crippen LogP contribution in [0.3, 0.4) is 0 Å². The highest BCUT2D eigenvalue weighted by atomic mass is 32.2. The summed E-state index contributed by atoms with van der Waals surface area (Å²) in [5.74, 6) is 1.14. The summed E-state index contributed by atoms with van der Waals surface area (Å²) in [5, 5.41) is 4.92. The van der Waals surface area contributed by atoms with Gasteiger partial charge in [0.25, 0.3) is 0 Å². The summed E-state index contributed by atoms with van der Waals surface area (Å²) in [6.07, 6.45) is 2.81. The number of para-hydroxylation sites is 1. The first-order valence-corrected chi connectivity index (χ1v) is 10.3. The van der Waals surface area contributed by atoms with Gasteiger partial charge in [0.2, 0.25) is 5.91 Å². The van der Waals surface area contributed by atoms with Crippen LogP contribution in [0.5, 0.6) is 5.75 Å². The second kappa shape index (κ2) is 8.39. The van der Waals surface area contributed by atoms with Gasteiger partial charge in [0, 0.05) is 29.7 Å². The van der Waals surface area contributed by atoms with E-state index in [1.54, 1.807) is 0 Å². The van der Waals surface area contributed by atoms with Crippen LogP contribution in [0.1, 0.15) is 12.5 Å². The SMILES string of the molecule is CCOc1ccc2nc(SCC(=O)NCCc3c[nH]c4ccccc34)[nH]c2c1. The van der Waals surface area contributed by atoms with Gasteiger partial charge in [0.05, 0.1) is 23.4 Å². The predicted molar refractivity (Wildman–Crippen MR) is 113 cm³/mol. The highest BCUT2D eigenvalue weighted by Gasteiger charge is 2.09. The molecule has 0 unspecified atom stereocenters. The van der Waals surface area contributed by atoms with E-state index in [0.717, 1.165) is 33.9 Å². The molecule has 2 aromatic carbocycles. The smallest absolute Gasteiger partial charge is 0.230 e. The number of imidazole rings is 1. The molecule has 0 aliphatic rings. The van der Waals surface area contributed by atoms with Crippen molar-refractivity contribution < 1.29 is 9.53 Å². The Kier molecular flexibility index (Phi) is 5.53. The van der Waals surface area contributed by atoms with Gasteiger partial charge in [-0.05, 0) is 37.1 Å². The van der Waals surface area contributed by atoms with E-state index < -0.39 is 0 Å². The van der Waals surface area contributed by atoms with Crippen LogP contribution in [0.25, 0.3) is 21.9 Å². The lowest BCUT2D eigenvalue weighted by atomic mass is 10.1. The number of thioether (sulfide) groups is 1. The number of rotatable bonds is 8. The first kappa shape index (κ1) is 18.4. The van der Waals surface area contributed by atoms with E-state index in [2.05, 4.69) is 32.4 Å². The van der Waals surface area contributed by atoms with Crippen LogP contribution >= 0.6 is 11.8 Å². The maximum atomic E-state index is 12.2. The number of benzene rings is 2. The number of H-pyrrole nitrogens is 2. The molecule has 1 amide bonds. The van der Waals surface area contributed by atoms with Crippen molar-refractivity contribution in [3.63, 3.8) is 0 Å². The number of ether oxygens (including phenoxy) is 1. The van der Waals surface area contributed by atoms with E-state index >= 15 is 0 Å². The molecule has 0 radical (unpaired) electrons. The fourth-order valence-corrected chi connectivity index (χ4v) is 3.87. The Hall–Kier alpha value is -2.93. The van der Waals surface area contributed by atoms with Gasteiger partial charge in [-0.3, -0.25) is 4.79 Å². The minimum absolute atomic E-state index is 0.000280. The van der Waals surface area contributed by atoms with Crippen LogP contribution in [-0.4, -0.2) is 39.8 Å². The zero-order valence-corrected chi connectivity index (χ0v) is 16.4. The highest BCUT2D eigenvalue weighted by molar-refractivity contribution is 7.99. The van der Waals surface area contributed by atoms with Gasteiger partial charge in [-0.1, -0.05) is 30.0 Å². The summed E-state index contributed by atoms with van der Waals surface area (Å²) < 4.78 is 5.50. The largest absolute Gasteiger partial charge is 0.494 e. The van der Waals surface area contributed by atoms with Crippen molar-refractivity contribution in [3.8, 4) is 5.75 Å². The van der Waals surface area contributed by atoms with Crippen LogP contribution in [0.2, 0.25) is 0 Å². The molecular formula is C21H22N4O2S. The molecule has 4 rings (SSSR count). The second-order valence-corrected chi connectivity index (χ2v) is 7.37. The Morgan fingerprint density at radius 2 is 2.11 bits per heavy atom. The summed E-state index contributed by atoms with van der Waals surface area (Å²) in [6.45, 7) is 3.19. The summed E-state index contributed by atoms with van der Waals surface area (Å²) in [7, 11) is 0. The van der Waals surface area contributed by atoms with Crippen molar-refractivity contribution in [1.29, 1.82) is 0 Å². The van der Waals surface area contributed by atoms with Gasteiger partial charge in [-0.25, -0.2) is 4.98 Å². The van der Waals surface area contributed by atoms with Gasteiger partial charge < -0.3 is 20.0 Å². The summed E-state index contributed by atoms with van der Waals surface area (Å²) in [6, 6.07) is 13.9.